The Hall–Kier alpha value is -3.69. The molecule has 10 heteroatoms. The first-order chi connectivity index (χ1) is 15.6. The summed E-state index contributed by atoms with van der Waals surface area (Å²) in [7, 11) is 0. The van der Waals surface area contributed by atoms with Gasteiger partial charge in [0.15, 0.2) is 11.6 Å². The predicted octanol–water partition coefficient (Wildman–Crippen LogP) is 3.76. The quantitative estimate of drug-likeness (QED) is 0.558. The van der Waals surface area contributed by atoms with Gasteiger partial charge in [-0.25, -0.2) is 9.67 Å². The summed E-state index contributed by atoms with van der Waals surface area (Å²) in [5, 5.41) is 4.17. The molecule has 0 atom stereocenters. The number of alkyl halides is 3. The largest absolute Gasteiger partial charge is 0.417 e. The van der Waals surface area contributed by atoms with Gasteiger partial charge < -0.3 is 9.80 Å². The number of nitrogens with zero attached hydrogens (tertiary/aromatic N) is 5. The minimum atomic E-state index is -4.47. The summed E-state index contributed by atoms with van der Waals surface area (Å²) in [4.78, 5) is 32.2. The van der Waals surface area contributed by atoms with Crippen molar-refractivity contribution >= 4 is 17.4 Å². The number of hydrogen-bond donors (Lipinski definition) is 0. The Morgan fingerprint density at radius 2 is 1.61 bits per heavy atom. The van der Waals surface area contributed by atoms with Crippen molar-refractivity contribution in [2.24, 2.45) is 0 Å². The number of carbonyl (C=O) groups is 2. The van der Waals surface area contributed by atoms with Crippen LogP contribution >= 0.6 is 0 Å². The molecule has 1 fully saturated rings. The third-order valence-corrected chi connectivity index (χ3v) is 5.74. The Labute approximate surface area is 188 Å². The van der Waals surface area contributed by atoms with Crippen LogP contribution in [-0.2, 0) is 6.18 Å². The second-order valence-electron chi connectivity index (χ2n) is 7.84. The number of carbonyl (C=O) groups excluding carboxylic acids is 2. The van der Waals surface area contributed by atoms with Crippen LogP contribution in [-0.4, -0.2) is 57.5 Å². The van der Waals surface area contributed by atoms with Gasteiger partial charge >= 0.3 is 6.18 Å². The molecule has 0 aliphatic carbocycles. The first-order valence-electron chi connectivity index (χ1n) is 10.4. The van der Waals surface area contributed by atoms with Gasteiger partial charge in [0.05, 0.1) is 23.0 Å². The molecule has 0 unspecified atom stereocenters. The van der Waals surface area contributed by atoms with E-state index in [1.807, 2.05) is 12.1 Å². The van der Waals surface area contributed by atoms with E-state index >= 15 is 0 Å². The molecule has 7 nitrogen and oxygen atoms in total. The summed E-state index contributed by atoms with van der Waals surface area (Å²) in [6.07, 6.45) is -2.30. The molecule has 0 N–H and O–H groups in total. The van der Waals surface area contributed by atoms with Crippen molar-refractivity contribution in [1.29, 1.82) is 0 Å². The lowest BCUT2D eigenvalue weighted by atomic mass is 10.1. The maximum atomic E-state index is 13.1. The van der Waals surface area contributed by atoms with Crippen LogP contribution in [0.2, 0.25) is 0 Å². The summed E-state index contributed by atoms with van der Waals surface area (Å²) in [6, 6.07) is 9.56. The average molecular weight is 457 g/mol. The summed E-state index contributed by atoms with van der Waals surface area (Å²) < 4.78 is 39.7. The zero-order valence-electron chi connectivity index (χ0n) is 18.1. The Kier molecular flexibility index (Phi) is 5.92. The molecule has 0 saturated carbocycles. The highest BCUT2D eigenvalue weighted by molar-refractivity contribution is 5.95. The Morgan fingerprint density at radius 1 is 0.939 bits per heavy atom. The second-order valence-corrected chi connectivity index (χ2v) is 7.84. The number of halogens is 3. The van der Waals surface area contributed by atoms with E-state index < -0.39 is 11.7 Å². The molecule has 3 heterocycles. The van der Waals surface area contributed by atoms with Crippen LogP contribution in [0.4, 0.5) is 18.9 Å². The summed E-state index contributed by atoms with van der Waals surface area (Å²) >= 11 is 0. The lowest BCUT2D eigenvalue weighted by molar-refractivity contribution is -0.137. The van der Waals surface area contributed by atoms with Crippen molar-refractivity contribution in [2.75, 3.05) is 31.1 Å². The smallest absolute Gasteiger partial charge is 0.368 e. The molecule has 3 aromatic rings. The van der Waals surface area contributed by atoms with Gasteiger partial charge in [0.1, 0.15) is 0 Å². The van der Waals surface area contributed by atoms with E-state index in [9.17, 15) is 22.8 Å². The van der Waals surface area contributed by atoms with Gasteiger partial charge in [0, 0.05) is 43.6 Å². The number of Topliss-reactive ketones (excluding diaryl/α,β-unsaturated/α-hetero) is 1. The highest BCUT2D eigenvalue weighted by atomic mass is 19.4. The van der Waals surface area contributed by atoms with Gasteiger partial charge in [0.25, 0.3) is 5.91 Å². The number of piperazine rings is 1. The zero-order chi connectivity index (χ0) is 23.8. The number of aromatic nitrogens is 3. The standard InChI is InChI=1S/C23H22F3N5O2/c1-15-20(14-28-31(15)21-8-5-18(13-27-21)23(24,25)26)22(33)30-11-9-29(10-12-30)19-6-3-17(4-7-19)16(2)32/h3-8,13-14H,9-12H2,1-2H3. The van der Waals surface area contributed by atoms with Crippen LogP contribution in [0.15, 0.2) is 48.8 Å². The van der Waals surface area contributed by atoms with Gasteiger partial charge in [-0.3, -0.25) is 9.59 Å². The van der Waals surface area contributed by atoms with E-state index in [2.05, 4.69) is 15.0 Å². The molecule has 1 aromatic carbocycles. The average Bonchev–Trinajstić information content (AvgIpc) is 3.19. The minimum Gasteiger partial charge on any atom is -0.368 e. The molecule has 1 aliphatic rings. The molecule has 0 radical (unpaired) electrons. The second kappa shape index (κ2) is 8.68. The van der Waals surface area contributed by atoms with Crippen LogP contribution in [0, 0.1) is 6.92 Å². The van der Waals surface area contributed by atoms with Crippen molar-refractivity contribution in [3.63, 3.8) is 0 Å². The van der Waals surface area contributed by atoms with Crippen molar-refractivity contribution in [3.8, 4) is 5.82 Å². The van der Waals surface area contributed by atoms with Gasteiger partial charge in [-0.1, -0.05) is 0 Å². The van der Waals surface area contributed by atoms with E-state index in [-0.39, 0.29) is 17.5 Å². The maximum Gasteiger partial charge on any atom is 0.417 e. The van der Waals surface area contributed by atoms with Gasteiger partial charge in [-0.2, -0.15) is 18.3 Å². The predicted molar refractivity (Wildman–Crippen MR) is 116 cm³/mol. The van der Waals surface area contributed by atoms with Crippen LogP contribution in [0.3, 0.4) is 0 Å². The van der Waals surface area contributed by atoms with Crippen LogP contribution < -0.4 is 4.90 Å². The molecule has 1 aliphatic heterocycles. The third-order valence-electron chi connectivity index (χ3n) is 5.74. The van der Waals surface area contributed by atoms with Crippen LogP contribution in [0.5, 0.6) is 0 Å². The number of rotatable bonds is 4. The van der Waals surface area contributed by atoms with E-state index in [4.69, 9.17) is 0 Å². The minimum absolute atomic E-state index is 0.0133. The topological polar surface area (TPSA) is 71.3 Å². The molecule has 172 valence electrons. The molecule has 33 heavy (non-hydrogen) atoms. The molecule has 1 saturated heterocycles. The first kappa shape index (κ1) is 22.5. The van der Waals surface area contributed by atoms with Crippen molar-refractivity contribution in [3.05, 3.63) is 71.2 Å². The number of amides is 1. The van der Waals surface area contributed by atoms with E-state index in [1.54, 1.807) is 24.0 Å². The number of pyridine rings is 1. The Morgan fingerprint density at radius 3 is 2.15 bits per heavy atom. The molecular weight excluding hydrogens is 435 g/mol. The molecule has 0 bridgehead atoms. The lowest BCUT2D eigenvalue weighted by Gasteiger charge is -2.36. The fourth-order valence-corrected chi connectivity index (χ4v) is 3.77. The van der Waals surface area contributed by atoms with Gasteiger partial charge in [0.2, 0.25) is 0 Å². The fraction of sp³-hybridized carbons (Fsp3) is 0.304. The molecule has 2 aromatic heterocycles. The van der Waals surface area contributed by atoms with E-state index in [1.165, 1.54) is 23.9 Å². The van der Waals surface area contributed by atoms with Crippen LogP contribution in [0.25, 0.3) is 5.82 Å². The number of anilines is 1. The molecule has 0 spiro atoms. The summed E-state index contributed by atoms with van der Waals surface area (Å²) in [6.45, 7) is 5.51. The third kappa shape index (κ3) is 4.59. The maximum absolute atomic E-state index is 13.1. The van der Waals surface area contributed by atoms with Crippen molar-refractivity contribution in [2.45, 2.75) is 20.0 Å². The van der Waals surface area contributed by atoms with E-state index in [0.29, 0.717) is 43.0 Å². The first-order valence-corrected chi connectivity index (χ1v) is 10.4. The fourth-order valence-electron chi connectivity index (χ4n) is 3.77. The summed E-state index contributed by atoms with van der Waals surface area (Å²) in [5.74, 6) is 0.0370. The van der Waals surface area contributed by atoms with Crippen molar-refractivity contribution < 1.29 is 22.8 Å². The number of benzene rings is 1. The van der Waals surface area contributed by atoms with E-state index in [0.717, 1.165) is 18.0 Å². The SMILES string of the molecule is CC(=O)c1ccc(N2CCN(C(=O)c3cnn(-c4ccc(C(F)(F)F)cn4)c3C)CC2)cc1. The Bertz CT molecular complexity index is 1160. The number of ketones is 1. The highest BCUT2D eigenvalue weighted by Crippen LogP contribution is 2.29. The van der Waals surface area contributed by atoms with Crippen molar-refractivity contribution in [1.82, 2.24) is 19.7 Å². The van der Waals surface area contributed by atoms with Gasteiger partial charge in [-0.15, -0.1) is 0 Å². The molecular formula is C23H22F3N5O2. The van der Waals surface area contributed by atoms with Gasteiger partial charge in [-0.05, 0) is 50.2 Å². The number of hydrogen-bond acceptors (Lipinski definition) is 5. The lowest BCUT2D eigenvalue weighted by Crippen LogP contribution is -2.48. The Balaban J connectivity index is 1.43. The zero-order valence-corrected chi connectivity index (χ0v) is 18.1. The highest BCUT2D eigenvalue weighted by Gasteiger charge is 2.31. The molecule has 1 amide bonds. The summed E-state index contributed by atoms with van der Waals surface area (Å²) in [5.41, 5.74) is 1.69. The van der Waals surface area contributed by atoms with Crippen LogP contribution in [0.1, 0.15) is 38.9 Å². The molecule has 4 rings (SSSR count). The monoisotopic (exact) mass is 457 g/mol. The normalized spacial score (nSPS) is 14.5.